The molecule has 2 N–H and O–H groups in total. The Hall–Kier alpha value is -2.77. The zero-order valence-corrected chi connectivity index (χ0v) is 18.9. The normalized spacial score (nSPS) is 21.3. The number of carbonyl (C=O) groups excluding carboxylic acids is 1. The fourth-order valence-electron chi connectivity index (χ4n) is 3.77. The maximum atomic E-state index is 12.8. The third-order valence-corrected chi connectivity index (χ3v) is 5.41. The lowest BCUT2D eigenvalue weighted by molar-refractivity contribution is 0.0278. The molecule has 1 amide bonds. The van der Waals surface area contributed by atoms with Crippen LogP contribution in [0.4, 0.5) is 4.79 Å². The van der Waals surface area contributed by atoms with Crippen molar-refractivity contribution in [3.63, 3.8) is 0 Å². The number of ether oxygens (including phenoxy) is 1. The first-order valence-electron chi connectivity index (χ1n) is 10.3. The lowest BCUT2D eigenvalue weighted by Gasteiger charge is -2.35. The molecule has 2 atom stereocenters. The minimum Gasteiger partial charge on any atom is -0.444 e. The number of amides is 1. The van der Waals surface area contributed by atoms with E-state index < -0.39 is 17.2 Å². The first-order chi connectivity index (χ1) is 14.7. The molecule has 0 spiro atoms. The van der Waals surface area contributed by atoms with E-state index in [0.29, 0.717) is 13.1 Å². The predicted molar refractivity (Wildman–Crippen MR) is 126 cm³/mol. The molecule has 31 heavy (non-hydrogen) atoms. The largest absolute Gasteiger partial charge is 0.444 e. The van der Waals surface area contributed by atoms with Crippen molar-refractivity contribution in [2.24, 2.45) is 10.9 Å². The third-order valence-electron chi connectivity index (χ3n) is 5.20. The zero-order valence-electron chi connectivity index (χ0n) is 18.1. The monoisotopic (exact) mass is 439 g/mol. The maximum Gasteiger partial charge on any atom is 0.410 e. The molecule has 0 aromatic heterocycles. The average Bonchev–Trinajstić information content (AvgIpc) is 3.12. The van der Waals surface area contributed by atoms with Crippen molar-refractivity contribution in [2.45, 2.75) is 31.9 Å². The Kier molecular flexibility index (Phi) is 7.08. The molecule has 1 heterocycles. The molecule has 1 aliphatic heterocycles. The van der Waals surface area contributed by atoms with Crippen molar-refractivity contribution in [3.8, 4) is 0 Å². The van der Waals surface area contributed by atoms with E-state index in [4.69, 9.17) is 17.0 Å². The summed E-state index contributed by atoms with van der Waals surface area (Å²) in [6.45, 7) is 6.03. The summed E-state index contributed by atoms with van der Waals surface area (Å²) >= 11 is 5.53. The Morgan fingerprint density at radius 2 is 1.84 bits per heavy atom. The van der Waals surface area contributed by atoms with Gasteiger partial charge in [-0.25, -0.2) is 9.79 Å². The lowest BCUT2D eigenvalue weighted by Crippen LogP contribution is -2.52. The van der Waals surface area contributed by atoms with Crippen molar-refractivity contribution in [2.75, 3.05) is 19.7 Å². The topological polar surface area (TPSA) is 74.2 Å². The Labute approximate surface area is 188 Å². The first-order valence-corrected chi connectivity index (χ1v) is 10.7. The summed E-state index contributed by atoms with van der Waals surface area (Å²) in [7, 11) is 0. The fourth-order valence-corrected chi connectivity index (χ4v) is 4.00. The highest BCUT2D eigenvalue weighted by Crippen LogP contribution is 2.37. The number of hydrogen-bond donors (Lipinski definition) is 2. The number of benzene rings is 2. The van der Waals surface area contributed by atoms with Gasteiger partial charge in [-0.1, -0.05) is 60.7 Å². The van der Waals surface area contributed by atoms with E-state index in [-0.39, 0.29) is 17.6 Å². The molecule has 2 aromatic rings. The second kappa shape index (κ2) is 9.58. The number of rotatable bonds is 4. The molecule has 0 bridgehead atoms. The van der Waals surface area contributed by atoms with Crippen LogP contribution in [0.5, 0.6) is 0 Å². The van der Waals surface area contributed by atoms with Crippen LogP contribution in [0.15, 0.2) is 65.7 Å². The minimum absolute atomic E-state index is 0.119. The summed E-state index contributed by atoms with van der Waals surface area (Å²) in [5.74, 6) is -0.285. The van der Waals surface area contributed by atoms with Crippen LogP contribution in [0.2, 0.25) is 0 Å². The molecule has 7 heteroatoms. The molecule has 0 radical (unpaired) electrons. The van der Waals surface area contributed by atoms with Gasteiger partial charge in [0.2, 0.25) is 0 Å². The molecule has 6 nitrogen and oxygen atoms in total. The number of thiocarbonyl (C=S) groups is 1. The molecule has 0 aliphatic carbocycles. The van der Waals surface area contributed by atoms with E-state index >= 15 is 0 Å². The highest BCUT2D eigenvalue weighted by atomic mass is 32.1. The molecule has 2 unspecified atom stereocenters. The molecule has 1 aliphatic rings. The molecule has 2 aromatic carbocycles. The highest BCUT2D eigenvalue weighted by molar-refractivity contribution is 7.80. The number of nitrogens with zero attached hydrogens (tertiary/aromatic N) is 2. The first kappa shape index (κ1) is 22.9. The smallest absolute Gasteiger partial charge is 0.410 e. The van der Waals surface area contributed by atoms with E-state index in [9.17, 15) is 9.90 Å². The average molecular weight is 440 g/mol. The summed E-state index contributed by atoms with van der Waals surface area (Å²) in [5.41, 5.74) is 0.475. The van der Waals surface area contributed by atoms with Crippen molar-refractivity contribution >= 4 is 29.6 Å². The summed E-state index contributed by atoms with van der Waals surface area (Å²) in [6.07, 6.45) is 1.28. The van der Waals surface area contributed by atoms with Crippen LogP contribution in [0.25, 0.3) is 0 Å². The molecular formula is C24H29N3O3S. The number of carbonyl (C=O) groups is 1. The predicted octanol–water partition coefficient (Wildman–Crippen LogP) is 3.73. The van der Waals surface area contributed by atoms with Crippen LogP contribution in [-0.4, -0.2) is 52.7 Å². The van der Waals surface area contributed by atoms with Gasteiger partial charge in [0, 0.05) is 18.7 Å². The number of aliphatic hydroxyl groups excluding tert-OH is 1. The Morgan fingerprint density at radius 1 is 1.23 bits per heavy atom. The van der Waals surface area contributed by atoms with Crippen molar-refractivity contribution in [1.82, 2.24) is 10.2 Å². The molecule has 3 rings (SSSR count). The van der Waals surface area contributed by atoms with Crippen LogP contribution in [0, 0.1) is 5.92 Å². The van der Waals surface area contributed by atoms with E-state index in [1.165, 1.54) is 0 Å². The highest BCUT2D eigenvalue weighted by Gasteiger charge is 2.50. The minimum atomic E-state index is -0.780. The van der Waals surface area contributed by atoms with E-state index in [1.54, 1.807) is 11.1 Å². The van der Waals surface area contributed by atoms with Crippen molar-refractivity contribution < 1.29 is 14.6 Å². The summed E-state index contributed by atoms with van der Waals surface area (Å²) in [6, 6.07) is 19.4. The molecule has 1 fully saturated rings. The zero-order chi connectivity index (χ0) is 22.5. The number of aliphatic hydroxyl groups is 1. The summed E-state index contributed by atoms with van der Waals surface area (Å²) < 4.78 is 5.57. The second-order valence-electron chi connectivity index (χ2n) is 8.68. The Morgan fingerprint density at radius 3 is 2.42 bits per heavy atom. The summed E-state index contributed by atoms with van der Waals surface area (Å²) in [5, 5.41) is 13.9. The van der Waals surface area contributed by atoms with Gasteiger partial charge in [0.15, 0.2) is 5.11 Å². The van der Waals surface area contributed by atoms with Gasteiger partial charge in [0.25, 0.3) is 0 Å². The van der Waals surface area contributed by atoms with E-state index in [0.717, 1.165) is 11.1 Å². The summed E-state index contributed by atoms with van der Waals surface area (Å²) in [4.78, 5) is 18.8. The maximum absolute atomic E-state index is 12.8. The van der Waals surface area contributed by atoms with E-state index in [1.807, 2.05) is 81.4 Å². The quantitative estimate of drug-likeness (QED) is 0.561. The van der Waals surface area contributed by atoms with Gasteiger partial charge in [0.1, 0.15) is 5.60 Å². The van der Waals surface area contributed by atoms with Crippen LogP contribution in [-0.2, 0) is 10.3 Å². The van der Waals surface area contributed by atoms with Gasteiger partial charge in [-0.05, 0) is 44.1 Å². The number of likely N-dealkylation sites (tertiary alicyclic amines) is 1. The number of nitrogens with one attached hydrogen (secondary N) is 1. The molecule has 1 saturated heterocycles. The fraction of sp³-hybridized carbons (Fsp3) is 0.375. The van der Waals surface area contributed by atoms with Gasteiger partial charge < -0.3 is 20.1 Å². The SMILES string of the molecule is CC(C)(C)OC(=O)N1CC(CO)C(NC(=S)N=Cc2ccccc2)(c2ccccc2)C1. The van der Waals surface area contributed by atoms with Crippen molar-refractivity contribution in [3.05, 3.63) is 71.8 Å². The van der Waals surface area contributed by atoms with Gasteiger partial charge in [-0.3, -0.25) is 0 Å². The third kappa shape index (κ3) is 5.68. The van der Waals surface area contributed by atoms with Gasteiger partial charge in [-0.2, -0.15) is 0 Å². The number of hydrogen-bond acceptors (Lipinski definition) is 4. The van der Waals surface area contributed by atoms with Crippen LogP contribution < -0.4 is 5.32 Å². The van der Waals surface area contributed by atoms with Crippen LogP contribution >= 0.6 is 12.2 Å². The van der Waals surface area contributed by atoms with Crippen LogP contribution in [0.3, 0.4) is 0 Å². The van der Waals surface area contributed by atoms with Crippen molar-refractivity contribution in [1.29, 1.82) is 0 Å². The Bertz CT molecular complexity index is 928. The molecular weight excluding hydrogens is 410 g/mol. The van der Waals surface area contributed by atoms with Gasteiger partial charge >= 0.3 is 6.09 Å². The second-order valence-corrected chi connectivity index (χ2v) is 9.06. The van der Waals surface area contributed by atoms with E-state index in [2.05, 4.69) is 10.3 Å². The number of aliphatic imine (C=N–C) groups is 1. The van der Waals surface area contributed by atoms with Gasteiger partial charge in [-0.15, -0.1) is 0 Å². The molecule has 0 saturated carbocycles. The standard InChI is InChI=1S/C24H29N3O3S/c1-23(2,3)30-22(29)27-15-20(16-28)24(17-27,19-12-8-5-9-13-19)26-21(31)25-14-18-10-6-4-7-11-18/h4-14,20,28H,15-17H2,1-3H3,(H,26,31). The molecule has 164 valence electrons. The Balaban J connectivity index is 1.89. The van der Waals surface area contributed by atoms with Gasteiger partial charge in [0.05, 0.1) is 18.7 Å². The van der Waals surface area contributed by atoms with Crippen LogP contribution in [0.1, 0.15) is 31.9 Å². The lowest BCUT2D eigenvalue weighted by atomic mass is 9.81.